The van der Waals surface area contributed by atoms with Crippen LogP contribution in [0.5, 0.6) is 0 Å². The number of aliphatic carboxylic acids is 1. The largest absolute Gasteiger partial charge is 0.480 e. The van der Waals surface area contributed by atoms with Gasteiger partial charge in [-0.05, 0) is 32.7 Å². The summed E-state index contributed by atoms with van der Waals surface area (Å²) in [7, 11) is 1.67. The van der Waals surface area contributed by atoms with Gasteiger partial charge in [0.2, 0.25) is 0 Å². The molecule has 108 valence electrons. The van der Waals surface area contributed by atoms with Crippen LogP contribution in [-0.2, 0) is 9.53 Å². The Morgan fingerprint density at radius 3 is 2.56 bits per heavy atom. The third kappa shape index (κ3) is 6.36. The standard InChI is InChI=1S/C14H29NO3/c1-5-7-8-12(6-2)11-18-10-9-14(3,15-4)13(16)17/h12,15H,5-11H2,1-4H3,(H,16,17). The van der Waals surface area contributed by atoms with E-state index in [4.69, 9.17) is 9.84 Å². The van der Waals surface area contributed by atoms with Gasteiger partial charge in [0.05, 0.1) is 0 Å². The molecule has 0 rings (SSSR count). The molecule has 0 aromatic rings. The SMILES string of the molecule is CCCCC(CC)COCCC(C)(NC)C(=O)O. The summed E-state index contributed by atoms with van der Waals surface area (Å²) in [6, 6.07) is 0. The van der Waals surface area contributed by atoms with Crippen LogP contribution < -0.4 is 5.32 Å². The van der Waals surface area contributed by atoms with Crippen molar-refractivity contribution in [2.24, 2.45) is 5.92 Å². The lowest BCUT2D eigenvalue weighted by atomic mass is 9.98. The van der Waals surface area contributed by atoms with Crippen molar-refractivity contribution in [2.75, 3.05) is 20.3 Å². The van der Waals surface area contributed by atoms with Gasteiger partial charge in [0, 0.05) is 13.2 Å². The Kier molecular flexibility index (Phi) is 9.02. The number of hydrogen-bond donors (Lipinski definition) is 2. The molecule has 4 nitrogen and oxygen atoms in total. The summed E-state index contributed by atoms with van der Waals surface area (Å²) in [6.07, 6.45) is 5.28. The molecule has 0 saturated carbocycles. The number of ether oxygens (including phenoxy) is 1. The number of likely N-dealkylation sites (N-methyl/N-ethyl adjacent to an activating group) is 1. The number of carbonyl (C=O) groups is 1. The lowest BCUT2D eigenvalue weighted by Gasteiger charge is -2.24. The minimum atomic E-state index is -0.884. The zero-order valence-electron chi connectivity index (χ0n) is 12.3. The lowest BCUT2D eigenvalue weighted by Crippen LogP contribution is -2.48. The number of carboxylic acids is 1. The highest BCUT2D eigenvalue weighted by Crippen LogP contribution is 2.14. The minimum absolute atomic E-state index is 0.489. The van der Waals surface area contributed by atoms with Gasteiger partial charge in [-0.25, -0.2) is 0 Å². The van der Waals surface area contributed by atoms with Crippen molar-refractivity contribution in [3.63, 3.8) is 0 Å². The second-order valence-corrected chi connectivity index (χ2v) is 5.13. The molecule has 0 aliphatic heterocycles. The second kappa shape index (κ2) is 9.34. The van der Waals surface area contributed by atoms with Crippen molar-refractivity contribution < 1.29 is 14.6 Å². The molecule has 0 bridgehead atoms. The first kappa shape index (κ1) is 17.4. The lowest BCUT2D eigenvalue weighted by molar-refractivity contribution is -0.144. The highest BCUT2D eigenvalue weighted by molar-refractivity contribution is 5.78. The van der Waals surface area contributed by atoms with Crippen molar-refractivity contribution in [3.05, 3.63) is 0 Å². The van der Waals surface area contributed by atoms with Crippen LogP contribution in [0.25, 0.3) is 0 Å². The molecule has 2 atom stereocenters. The molecule has 18 heavy (non-hydrogen) atoms. The Bertz CT molecular complexity index is 233. The normalized spacial score (nSPS) is 16.2. The molecular formula is C14H29NO3. The van der Waals surface area contributed by atoms with E-state index in [-0.39, 0.29) is 0 Å². The Morgan fingerprint density at radius 1 is 1.44 bits per heavy atom. The summed E-state index contributed by atoms with van der Waals surface area (Å²) in [4.78, 5) is 11.1. The highest BCUT2D eigenvalue weighted by Gasteiger charge is 2.30. The van der Waals surface area contributed by atoms with E-state index in [1.54, 1.807) is 14.0 Å². The zero-order chi connectivity index (χ0) is 14.0. The van der Waals surface area contributed by atoms with Gasteiger partial charge in [-0.3, -0.25) is 4.79 Å². The van der Waals surface area contributed by atoms with Crippen molar-refractivity contribution in [3.8, 4) is 0 Å². The maximum Gasteiger partial charge on any atom is 0.323 e. The number of rotatable bonds is 11. The van der Waals surface area contributed by atoms with Gasteiger partial charge in [-0.2, -0.15) is 0 Å². The summed E-state index contributed by atoms with van der Waals surface area (Å²) in [5, 5.41) is 11.9. The predicted octanol–water partition coefficient (Wildman–Crippen LogP) is 2.67. The van der Waals surface area contributed by atoms with Crippen LogP contribution in [0.1, 0.15) is 52.9 Å². The highest BCUT2D eigenvalue weighted by atomic mass is 16.5. The van der Waals surface area contributed by atoms with Crippen LogP contribution in [0.3, 0.4) is 0 Å². The number of hydrogen-bond acceptors (Lipinski definition) is 3. The van der Waals surface area contributed by atoms with E-state index in [1.165, 1.54) is 19.3 Å². The smallest absolute Gasteiger partial charge is 0.323 e. The van der Waals surface area contributed by atoms with Crippen LogP contribution in [0.4, 0.5) is 0 Å². The van der Waals surface area contributed by atoms with E-state index in [9.17, 15) is 4.79 Å². The third-order valence-electron chi connectivity index (χ3n) is 3.67. The average molecular weight is 259 g/mol. The Morgan fingerprint density at radius 2 is 2.11 bits per heavy atom. The van der Waals surface area contributed by atoms with Crippen molar-refractivity contribution in [2.45, 2.75) is 58.4 Å². The molecular weight excluding hydrogens is 230 g/mol. The van der Waals surface area contributed by atoms with E-state index in [2.05, 4.69) is 19.2 Å². The number of carboxylic acid groups (broad SMARTS) is 1. The third-order valence-corrected chi connectivity index (χ3v) is 3.67. The Hall–Kier alpha value is -0.610. The van der Waals surface area contributed by atoms with Crippen LogP contribution in [-0.4, -0.2) is 36.9 Å². The van der Waals surface area contributed by atoms with Gasteiger partial charge in [0.15, 0.2) is 0 Å². The van der Waals surface area contributed by atoms with E-state index >= 15 is 0 Å². The average Bonchev–Trinajstić information content (AvgIpc) is 2.37. The molecule has 0 aliphatic carbocycles. The molecule has 0 aromatic heterocycles. The van der Waals surface area contributed by atoms with Gasteiger partial charge in [-0.15, -0.1) is 0 Å². The topological polar surface area (TPSA) is 58.6 Å². The molecule has 0 saturated heterocycles. The molecule has 0 aromatic carbocycles. The maximum atomic E-state index is 11.1. The van der Waals surface area contributed by atoms with Gasteiger partial charge in [0.1, 0.15) is 5.54 Å². The Balaban J connectivity index is 3.86. The minimum Gasteiger partial charge on any atom is -0.480 e. The Labute approximate surface area is 111 Å². The molecule has 0 heterocycles. The van der Waals surface area contributed by atoms with E-state index in [1.807, 2.05) is 0 Å². The van der Waals surface area contributed by atoms with Crippen molar-refractivity contribution in [1.82, 2.24) is 5.32 Å². The van der Waals surface area contributed by atoms with Crippen LogP contribution in [0, 0.1) is 5.92 Å². The monoisotopic (exact) mass is 259 g/mol. The fraction of sp³-hybridized carbons (Fsp3) is 0.929. The molecule has 4 heteroatoms. The molecule has 0 fully saturated rings. The summed E-state index contributed by atoms with van der Waals surface area (Å²) in [5.41, 5.74) is -0.884. The van der Waals surface area contributed by atoms with Gasteiger partial charge >= 0.3 is 5.97 Å². The van der Waals surface area contributed by atoms with E-state index < -0.39 is 11.5 Å². The fourth-order valence-electron chi connectivity index (χ4n) is 1.76. The van der Waals surface area contributed by atoms with E-state index in [0.29, 0.717) is 18.9 Å². The summed E-state index contributed by atoms with van der Waals surface area (Å²) in [5.74, 6) is -0.220. The van der Waals surface area contributed by atoms with Gasteiger partial charge in [-0.1, -0.05) is 33.1 Å². The molecule has 0 aliphatic rings. The van der Waals surface area contributed by atoms with Crippen LogP contribution in [0.15, 0.2) is 0 Å². The first-order valence-corrected chi connectivity index (χ1v) is 7.00. The predicted molar refractivity (Wildman–Crippen MR) is 73.8 cm³/mol. The number of nitrogens with one attached hydrogen (secondary N) is 1. The first-order chi connectivity index (χ1) is 8.50. The van der Waals surface area contributed by atoms with Gasteiger partial charge < -0.3 is 15.2 Å². The maximum absolute atomic E-state index is 11.1. The molecule has 2 unspecified atom stereocenters. The van der Waals surface area contributed by atoms with Crippen LogP contribution >= 0.6 is 0 Å². The fourth-order valence-corrected chi connectivity index (χ4v) is 1.76. The van der Waals surface area contributed by atoms with Crippen LogP contribution in [0.2, 0.25) is 0 Å². The number of unbranched alkanes of at least 4 members (excludes halogenated alkanes) is 1. The summed E-state index contributed by atoms with van der Waals surface area (Å²) in [6.45, 7) is 7.30. The molecule has 0 radical (unpaired) electrons. The molecule has 0 amide bonds. The molecule has 0 spiro atoms. The second-order valence-electron chi connectivity index (χ2n) is 5.13. The first-order valence-electron chi connectivity index (χ1n) is 7.00. The molecule has 2 N–H and O–H groups in total. The van der Waals surface area contributed by atoms with Crippen molar-refractivity contribution >= 4 is 5.97 Å². The zero-order valence-corrected chi connectivity index (χ0v) is 12.3. The summed E-state index contributed by atoms with van der Waals surface area (Å²) >= 11 is 0. The quantitative estimate of drug-likeness (QED) is 0.560. The van der Waals surface area contributed by atoms with E-state index in [0.717, 1.165) is 13.0 Å². The van der Waals surface area contributed by atoms with Crippen molar-refractivity contribution in [1.29, 1.82) is 0 Å². The summed E-state index contributed by atoms with van der Waals surface area (Å²) < 4.78 is 5.63. The van der Waals surface area contributed by atoms with Gasteiger partial charge in [0.25, 0.3) is 0 Å².